The zero-order valence-corrected chi connectivity index (χ0v) is 15.0. The number of pyridine rings is 1. The minimum Gasteiger partial charge on any atom is -0.504 e. The molecule has 28 heavy (non-hydrogen) atoms. The van der Waals surface area contributed by atoms with Crippen LogP contribution in [0.3, 0.4) is 0 Å². The van der Waals surface area contributed by atoms with E-state index in [2.05, 4.69) is 27.5 Å². The summed E-state index contributed by atoms with van der Waals surface area (Å²) in [5.74, 6) is -0.136. The van der Waals surface area contributed by atoms with Crippen molar-refractivity contribution in [3.63, 3.8) is 0 Å². The Morgan fingerprint density at radius 3 is 2.43 bits per heavy atom. The predicted octanol–water partition coefficient (Wildman–Crippen LogP) is 3.57. The molecule has 2 heterocycles. The Bertz CT molecular complexity index is 1080. The summed E-state index contributed by atoms with van der Waals surface area (Å²) in [4.78, 5) is 16.5. The molecule has 2 aromatic heterocycles. The third kappa shape index (κ3) is 3.76. The quantitative estimate of drug-likeness (QED) is 0.563. The summed E-state index contributed by atoms with van der Waals surface area (Å²) in [6, 6.07) is 21.3. The second-order valence-electron chi connectivity index (χ2n) is 6.26. The van der Waals surface area contributed by atoms with Gasteiger partial charge in [0, 0.05) is 25.1 Å². The van der Waals surface area contributed by atoms with Gasteiger partial charge in [0.15, 0.2) is 11.6 Å². The van der Waals surface area contributed by atoms with Crippen molar-refractivity contribution >= 4 is 5.91 Å². The average Bonchev–Trinajstić information content (AvgIpc) is 3.27. The molecule has 0 radical (unpaired) electrons. The first-order valence-electron chi connectivity index (χ1n) is 8.82. The van der Waals surface area contributed by atoms with Gasteiger partial charge in [0.1, 0.15) is 0 Å². The second kappa shape index (κ2) is 7.75. The van der Waals surface area contributed by atoms with Gasteiger partial charge < -0.3 is 10.4 Å². The van der Waals surface area contributed by atoms with Gasteiger partial charge in [-0.05, 0) is 28.8 Å². The first-order chi connectivity index (χ1) is 13.7. The van der Waals surface area contributed by atoms with Crippen molar-refractivity contribution in [1.29, 1.82) is 0 Å². The number of aromatic hydroxyl groups is 1. The van der Waals surface area contributed by atoms with Crippen molar-refractivity contribution in [2.75, 3.05) is 0 Å². The van der Waals surface area contributed by atoms with Crippen LogP contribution in [-0.4, -0.2) is 25.8 Å². The van der Waals surface area contributed by atoms with Crippen LogP contribution in [0.5, 0.6) is 5.75 Å². The van der Waals surface area contributed by atoms with Gasteiger partial charge in [0.05, 0.1) is 5.56 Å². The van der Waals surface area contributed by atoms with Gasteiger partial charge in [-0.3, -0.25) is 4.79 Å². The monoisotopic (exact) mass is 370 g/mol. The van der Waals surface area contributed by atoms with E-state index >= 15 is 0 Å². The average molecular weight is 370 g/mol. The molecule has 6 heteroatoms. The summed E-state index contributed by atoms with van der Waals surface area (Å²) in [7, 11) is 0. The standard InChI is InChI=1S/C22H18N4O2/c27-20-13-19(15-23-21(20)26-12-4-11-25-26)22(28)24-14-16-7-9-18(10-8-16)17-5-2-1-3-6-17/h1-13,15,27H,14H2,(H,24,28). The molecule has 0 unspecified atom stereocenters. The summed E-state index contributed by atoms with van der Waals surface area (Å²) in [6.07, 6.45) is 4.68. The number of benzene rings is 2. The predicted molar refractivity (Wildman–Crippen MR) is 106 cm³/mol. The van der Waals surface area contributed by atoms with E-state index in [1.165, 1.54) is 16.9 Å². The summed E-state index contributed by atoms with van der Waals surface area (Å²) < 4.78 is 1.44. The smallest absolute Gasteiger partial charge is 0.253 e. The zero-order valence-electron chi connectivity index (χ0n) is 15.0. The molecule has 0 fully saturated rings. The Balaban J connectivity index is 1.41. The fourth-order valence-electron chi connectivity index (χ4n) is 2.87. The Morgan fingerprint density at radius 1 is 1.00 bits per heavy atom. The topological polar surface area (TPSA) is 80.0 Å². The van der Waals surface area contributed by atoms with Gasteiger partial charge in [0.2, 0.25) is 0 Å². The van der Waals surface area contributed by atoms with Crippen molar-refractivity contribution < 1.29 is 9.90 Å². The number of hydrogen-bond donors (Lipinski definition) is 2. The lowest BCUT2D eigenvalue weighted by atomic mass is 10.0. The highest BCUT2D eigenvalue weighted by atomic mass is 16.3. The molecule has 0 aliphatic heterocycles. The van der Waals surface area contributed by atoms with Crippen molar-refractivity contribution in [3.8, 4) is 22.7 Å². The van der Waals surface area contributed by atoms with Crippen molar-refractivity contribution in [1.82, 2.24) is 20.1 Å². The number of hydrogen-bond acceptors (Lipinski definition) is 4. The van der Waals surface area contributed by atoms with E-state index in [1.807, 2.05) is 42.5 Å². The van der Waals surface area contributed by atoms with E-state index in [0.717, 1.165) is 16.7 Å². The van der Waals surface area contributed by atoms with Crippen LogP contribution in [-0.2, 0) is 6.54 Å². The molecule has 6 nitrogen and oxygen atoms in total. The first kappa shape index (κ1) is 17.5. The van der Waals surface area contributed by atoms with Crippen molar-refractivity contribution in [2.24, 2.45) is 0 Å². The molecule has 0 spiro atoms. The van der Waals surface area contributed by atoms with E-state index in [4.69, 9.17) is 0 Å². The number of rotatable bonds is 5. The number of carbonyl (C=O) groups excluding carboxylic acids is 1. The van der Waals surface area contributed by atoms with E-state index in [1.54, 1.807) is 18.5 Å². The van der Waals surface area contributed by atoms with Crippen LogP contribution in [0, 0.1) is 0 Å². The highest BCUT2D eigenvalue weighted by molar-refractivity contribution is 5.94. The van der Waals surface area contributed by atoms with E-state index in [9.17, 15) is 9.90 Å². The van der Waals surface area contributed by atoms with Crippen LogP contribution in [0.1, 0.15) is 15.9 Å². The van der Waals surface area contributed by atoms with E-state index in [-0.39, 0.29) is 23.0 Å². The number of nitrogens with zero attached hydrogens (tertiary/aromatic N) is 3. The van der Waals surface area contributed by atoms with Crippen LogP contribution in [0.25, 0.3) is 16.9 Å². The van der Waals surface area contributed by atoms with Crippen LogP contribution in [0.2, 0.25) is 0 Å². The molecule has 0 saturated carbocycles. The number of aromatic nitrogens is 3. The molecule has 0 bridgehead atoms. The van der Waals surface area contributed by atoms with Crippen LogP contribution >= 0.6 is 0 Å². The van der Waals surface area contributed by atoms with Gasteiger partial charge in [-0.15, -0.1) is 0 Å². The molecule has 0 saturated heterocycles. The van der Waals surface area contributed by atoms with E-state index in [0.29, 0.717) is 6.54 Å². The summed E-state index contributed by atoms with van der Waals surface area (Å²) >= 11 is 0. The number of amides is 1. The fourth-order valence-corrected chi connectivity index (χ4v) is 2.87. The van der Waals surface area contributed by atoms with Crippen LogP contribution in [0.4, 0.5) is 0 Å². The van der Waals surface area contributed by atoms with Gasteiger partial charge in [0.25, 0.3) is 5.91 Å². The maximum Gasteiger partial charge on any atom is 0.253 e. The Labute approximate surface area is 162 Å². The van der Waals surface area contributed by atoms with Crippen LogP contribution in [0.15, 0.2) is 85.3 Å². The Kier molecular flexibility index (Phi) is 4.84. The maximum absolute atomic E-state index is 12.4. The molecular formula is C22H18N4O2. The Hall–Kier alpha value is -3.93. The first-order valence-corrected chi connectivity index (χ1v) is 8.82. The normalized spacial score (nSPS) is 10.6. The SMILES string of the molecule is O=C(NCc1ccc(-c2ccccc2)cc1)c1cnc(-n2cccn2)c(O)c1. The molecule has 2 N–H and O–H groups in total. The van der Waals surface area contributed by atoms with Gasteiger partial charge in [-0.2, -0.15) is 5.10 Å². The molecule has 2 aromatic carbocycles. The maximum atomic E-state index is 12.4. The number of carbonyl (C=O) groups is 1. The van der Waals surface area contributed by atoms with Gasteiger partial charge in [-0.1, -0.05) is 54.6 Å². The zero-order chi connectivity index (χ0) is 19.3. The van der Waals surface area contributed by atoms with Crippen LogP contribution < -0.4 is 5.32 Å². The van der Waals surface area contributed by atoms with Gasteiger partial charge >= 0.3 is 0 Å². The molecule has 4 aromatic rings. The Morgan fingerprint density at radius 2 is 1.75 bits per heavy atom. The largest absolute Gasteiger partial charge is 0.504 e. The lowest BCUT2D eigenvalue weighted by molar-refractivity contribution is 0.0950. The third-order valence-corrected chi connectivity index (χ3v) is 4.34. The highest BCUT2D eigenvalue weighted by Crippen LogP contribution is 2.20. The highest BCUT2D eigenvalue weighted by Gasteiger charge is 2.12. The molecule has 0 atom stereocenters. The van der Waals surface area contributed by atoms with Crippen molar-refractivity contribution in [2.45, 2.75) is 6.54 Å². The molecule has 0 aliphatic rings. The summed E-state index contributed by atoms with van der Waals surface area (Å²) in [5.41, 5.74) is 3.55. The molecule has 138 valence electrons. The van der Waals surface area contributed by atoms with Gasteiger partial charge in [-0.25, -0.2) is 9.67 Å². The molecule has 4 rings (SSSR count). The second-order valence-corrected chi connectivity index (χ2v) is 6.26. The fraction of sp³-hybridized carbons (Fsp3) is 0.0455. The minimum atomic E-state index is -0.304. The third-order valence-electron chi connectivity index (χ3n) is 4.34. The summed E-state index contributed by atoms with van der Waals surface area (Å²) in [5, 5.41) is 17.0. The minimum absolute atomic E-state index is 0.108. The summed E-state index contributed by atoms with van der Waals surface area (Å²) in [6.45, 7) is 0.384. The molecule has 1 amide bonds. The van der Waals surface area contributed by atoms with E-state index < -0.39 is 0 Å². The number of nitrogens with one attached hydrogen (secondary N) is 1. The lowest BCUT2D eigenvalue weighted by Crippen LogP contribution is -2.23. The molecule has 0 aliphatic carbocycles. The molecular weight excluding hydrogens is 352 g/mol. The van der Waals surface area contributed by atoms with Crippen molar-refractivity contribution in [3.05, 3.63) is 96.4 Å². The lowest BCUT2D eigenvalue weighted by Gasteiger charge is -2.08.